The fourth-order valence-electron chi connectivity index (χ4n) is 5.78. The summed E-state index contributed by atoms with van der Waals surface area (Å²) in [6.07, 6.45) is 4.94. The molecule has 0 spiro atoms. The Labute approximate surface area is 224 Å². The molecule has 8 nitrogen and oxygen atoms in total. The molecule has 0 bridgehead atoms. The van der Waals surface area contributed by atoms with Crippen molar-refractivity contribution in [2.75, 3.05) is 20.2 Å². The number of fused-ring (bicyclic) bond motifs is 1. The molecule has 0 saturated carbocycles. The van der Waals surface area contributed by atoms with Crippen LogP contribution in [0.2, 0.25) is 0 Å². The number of nitrogens with one attached hydrogen (secondary N) is 1. The van der Waals surface area contributed by atoms with E-state index in [0.29, 0.717) is 23.8 Å². The highest BCUT2D eigenvalue weighted by Gasteiger charge is 2.37. The predicted molar refractivity (Wildman–Crippen MR) is 145 cm³/mol. The van der Waals surface area contributed by atoms with Gasteiger partial charge in [0, 0.05) is 17.5 Å². The largest absolute Gasteiger partial charge is 0.489 e. The Hall–Kier alpha value is -3.39. The Morgan fingerprint density at radius 1 is 1.11 bits per heavy atom. The lowest BCUT2D eigenvalue weighted by atomic mass is 9.78. The number of hydrogen-bond acceptors (Lipinski definition) is 6. The van der Waals surface area contributed by atoms with E-state index in [9.17, 15) is 14.4 Å². The van der Waals surface area contributed by atoms with Crippen molar-refractivity contribution in [1.82, 2.24) is 10.2 Å². The van der Waals surface area contributed by atoms with Crippen molar-refractivity contribution < 1.29 is 23.9 Å². The van der Waals surface area contributed by atoms with Crippen LogP contribution in [0.1, 0.15) is 78.4 Å². The van der Waals surface area contributed by atoms with Crippen molar-refractivity contribution in [3.8, 4) is 5.75 Å². The minimum absolute atomic E-state index is 0.000330. The van der Waals surface area contributed by atoms with Gasteiger partial charge >= 0.3 is 5.97 Å². The summed E-state index contributed by atoms with van der Waals surface area (Å²) < 4.78 is 10.8. The van der Waals surface area contributed by atoms with Crippen LogP contribution in [-0.2, 0) is 27.5 Å². The van der Waals surface area contributed by atoms with E-state index in [1.165, 1.54) is 43.3 Å². The molecule has 2 amide bonds. The van der Waals surface area contributed by atoms with E-state index in [2.05, 4.69) is 41.2 Å². The van der Waals surface area contributed by atoms with E-state index < -0.39 is 17.9 Å². The summed E-state index contributed by atoms with van der Waals surface area (Å²) in [4.78, 5) is 38.3. The molecule has 2 aliphatic rings. The smallest absolute Gasteiger partial charge is 0.305 e. The van der Waals surface area contributed by atoms with Crippen LogP contribution in [-0.4, -0.2) is 48.9 Å². The lowest BCUT2D eigenvalue weighted by molar-refractivity contribution is -0.141. The third kappa shape index (κ3) is 6.35. The first kappa shape index (κ1) is 27.6. The van der Waals surface area contributed by atoms with Gasteiger partial charge in [-0.05, 0) is 73.9 Å². The zero-order valence-electron chi connectivity index (χ0n) is 22.4. The fourth-order valence-corrected chi connectivity index (χ4v) is 5.78. The third-order valence-corrected chi connectivity index (χ3v) is 7.86. The molecule has 0 aliphatic carbocycles. The summed E-state index contributed by atoms with van der Waals surface area (Å²) in [7, 11) is 1.29. The minimum atomic E-state index is -0.898. The van der Waals surface area contributed by atoms with E-state index in [4.69, 9.17) is 10.5 Å². The number of primary amides is 1. The molecule has 38 heavy (non-hydrogen) atoms. The molecular formula is C30H39N3O5. The van der Waals surface area contributed by atoms with Crippen LogP contribution in [0, 0.1) is 5.92 Å². The van der Waals surface area contributed by atoms with Crippen molar-refractivity contribution >= 4 is 17.8 Å². The Morgan fingerprint density at radius 3 is 2.50 bits per heavy atom. The van der Waals surface area contributed by atoms with E-state index in [-0.39, 0.29) is 25.3 Å². The number of nitrogens with zero attached hydrogens (tertiary/aromatic N) is 1. The zero-order chi connectivity index (χ0) is 27.1. The van der Waals surface area contributed by atoms with Gasteiger partial charge in [0.2, 0.25) is 5.91 Å². The summed E-state index contributed by atoms with van der Waals surface area (Å²) in [6, 6.07) is 13.2. The second kappa shape index (κ2) is 12.9. The van der Waals surface area contributed by atoms with Crippen molar-refractivity contribution in [3.05, 3.63) is 64.7 Å². The summed E-state index contributed by atoms with van der Waals surface area (Å²) in [5, 5.41) is 3.47. The maximum absolute atomic E-state index is 13.1. The number of benzene rings is 2. The Kier molecular flexibility index (Phi) is 9.39. The van der Waals surface area contributed by atoms with Crippen LogP contribution in [0.4, 0.5) is 0 Å². The average Bonchev–Trinajstić information content (AvgIpc) is 3.27. The van der Waals surface area contributed by atoms with Gasteiger partial charge in [0.05, 0.1) is 13.7 Å². The van der Waals surface area contributed by atoms with E-state index in [1.807, 2.05) is 6.07 Å². The van der Waals surface area contributed by atoms with Crippen LogP contribution >= 0.6 is 0 Å². The molecule has 1 saturated heterocycles. The van der Waals surface area contributed by atoms with Crippen molar-refractivity contribution in [2.24, 2.45) is 11.7 Å². The lowest BCUT2D eigenvalue weighted by Crippen LogP contribution is -2.45. The van der Waals surface area contributed by atoms with Crippen LogP contribution in [0.3, 0.4) is 0 Å². The molecule has 0 aromatic heterocycles. The predicted octanol–water partition coefficient (Wildman–Crippen LogP) is 3.91. The zero-order valence-corrected chi connectivity index (χ0v) is 22.4. The summed E-state index contributed by atoms with van der Waals surface area (Å²) in [5.41, 5.74) is 9.27. The van der Waals surface area contributed by atoms with Crippen LogP contribution in [0.15, 0.2) is 42.5 Å². The molecule has 2 atom stereocenters. The van der Waals surface area contributed by atoms with Gasteiger partial charge < -0.3 is 25.4 Å². The molecule has 3 N–H and O–H groups in total. The molecule has 2 aromatic rings. The minimum Gasteiger partial charge on any atom is -0.489 e. The first-order chi connectivity index (χ1) is 18.4. The van der Waals surface area contributed by atoms with Crippen molar-refractivity contribution in [2.45, 2.75) is 70.6 Å². The SMILES string of the molecule is CCCC(c1ccc(COc2cccc3c2CN(C(CCC(=O)OC)C(N)=O)C3=O)cc1)C1CCNCC1. The molecule has 2 heterocycles. The molecule has 2 aromatic carbocycles. The monoisotopic (exact) mass is 521 g/mol. The van der Waals surface area contributed by atoms with Crippen LogP contribution in [0.25, 0.3) is 0 Å². The number of methoxy groups -OCH3 is 1. The normalized spacial score (nSPS) is 17.1. The van der Waals surface area contributed by atoms with Gasteiger partial charge in [-0.2, -0.15) is 0 Å². The number of piperidine rings is 1. The summed E-state index contributed by atoms with van der Waals surface area (Å²) in [6.45, 7) is 5.03. The number of esters is 1. The van der Waals surface area contributed by atoms with E-state index in [1.54, 1.807) is 12.1 Å². The quantitative estimate of drug-likeness (QED) is 0.410. The number of nitrogens with two attached hydrogens (primary N) is 1. The highest BCUT2D eigenvalue weighted by molar-refractivity contribution is 6.01. The molecule has 2 unspecified atom stereocenters. The summed E-state index contributed by atoms with van der Waals surface area (Å²) in [5.74, 6) is 0.530. The number of carbonyl (C=O) groups excluding carboxylic acids is 3. The van der Waals surface area contributed by atoms with Crippen molar-refractivity contribution in [3.63, 3.8) is 0 Å². The van der Waals surface area contributed by atoms with Gasteiger partial charge in [0.15, 0.2) is 0 Å². The standard InChI is InChI=1S/C30H39N3O5/c1-3-5-23(22-14-16-32-17-15-22)21-10-8-20(9-11-21)19-38-27-7-4-6-24-25(27)18-33(30(24)36)26(29(31)35)12-13-28(34)37-2/h4,6-11,22-23,26,32H,3,5,12-19H2,1-2H3,(H2,31,35). The van der Waals surface area contributed by atoms with Gasteiger partial charge in [-0.15, -0.1) is 0 Å². The first-order valence-corrected chi connectivity index (χ1v) is 13.6. The maximum Gasteiger partial charge on any atom is 0.305 e. The number of rotatable bonds is 12. The topological polar surface area (TPSA) is 111 Å². The van der Waals surface area contributed by atoms with Gasteiger partial charge in [-0.3, -0.25) is 14.4 Å². The van der Waals surface area contributed by atoms with Gasteiger partial charge in [0.1, 0.15) is 18.4 Å². The second-order valence-corrected chi connectivity index (χ2v) is 10.3. The number of amides is 2. The molecule has 1 fully saturated rings. The Morgan fingerprint density at radius 2 is 1.84 bits per heavy atom. The first-order valence-electron chi connectivity index (χ1n) is 13.6. The highest BCUT2D eigenvalue weighted by Crippen LogP contribution is 2.36. The van der Waals surface area contributed by atoms with Gasteiger partial charge in [-0.1, -0.05) is 43.7 Å². The van der Waals surface area contributed by atoms with Gasteiger partial charge in [0.25, 0.3) is 5.91 Å². The average molecular weight is 522 g/mol. The molecule has 8 heteroatoms. The van der Waals surface area contributed by atoms with Crippen LogP contribution < -0.4 is 15.8 Å². The second-order valence-electron chi connectivity index (χ2n) is 10.3. The highest BCUT2D eigenvalue weighted by atomic mass is 16.5. The number of carbonyl (C=O) groups is 3. The van der Waals surface area contributed by atoms with E-state index in [0.717, 1.165) is 30.1 Å². The van der Waals surface area contributed by atoms with Crippen molar-refractivity contribution in [1.29, 1.82) is 0 Å². The Balaban J connectivity index is 1.43. The maximum atomic E-state index is 13.1. The molecule has 2 aliphatic heterocycles. The van der Waals surface area contributed by atoms with E-state index >= 15 is 0 Å². The third-order valence-electron chi connectivity index (χ3n) is 7.86. The Bertz CT molecular complexity index is 1130. The summed E-state index contributed by atoms with van der Waals surface area (Å²) >= 11 is 0. The molecule has 4 rings (SSSR count). The molecule has 0 radical (unpaired) electrons. The molecular weight excluding hydrogens is 482 g/mol. The number of ether oxygens (including phenoxy) is 2. The van der Waals surface area contributed by atoms with Crippen LogP contribution in [0.5, 0.6) is 5.75 Å². The lowest BCUT2D eigenvalue weighted by Gasteiger charge is -2.31. The van der Waals surface area contributed by atoms with Gasteiger partial charge in [-0.25, -0.2) is 0 Å². The molecule has 204 valence electrons. The number of hydrogen-bond donors (Lipinski definition) is 2. The fraction of sp³-hybridized carbons (Fsp3) is 0.500.